The average Bonchev–Trinajstić information content (AvgIpc) is 2.66. The molecule has 0 aliphatic rings. The van der Waals surface area contributed by atoms with Crippen LogP contribution in [0.2, 0.25) is 0 Å². The lowest BCUT2D eigenvalue weighted by Gasteiger charge is -2.11. The maximum Gasteiger partial charge on any atom is 0.110 e. The van der Waals surface area contributed by atoms with Crippen molar-refractivity contribution in [2.45, 2.75) is 13.5 Å². The predicted octanol–water partition coefficient (Wildman–Crippen LogP) is 1.90. The van der Waals surface area contributed by atoms with Gasteiger partial charge in [-0.1, -0.05) is 18.2 Å². The molecule has 1 N–H and O–H groups in total. The number of benzene rings is 1. The summed E-state index contributed by atoms with van der Waals surface area (Å²) in [5, 5.41) is 3.17. The molecule has 0 atom stereocenters. The zero-order chi connectivity index (χ0) is 10.7. The molecule has 3 nitrogen and oxygen atoms in total. The molecule has 1 aromatic heterocycles. The summed E-state index contributed by atoms with van der Waals surface area (Å²) < 4.78 is 2.10. The summed E-state index contributed by atoms with van der Waals surface area (Å²) in [5.41, 5.74) is 2.47. The highest BCUT2D eigenvalue weighted by molar-refractivity contribution is 5.41. The maximum absolute atomic E-state index is 4.24. The highest BCUT2D eigenvalue weighted by Gasteiger charge is 2.04. The number of rotatable bonds is 3. The minimum Gasteiger partial charge on any atom is -0.316 e. The van der Waals surface area contributed by atoms with Crippen LogP contribution >= 0.6 is 0 Å². The zero-order valence-electron chi connectivity index (χ0n) is 9.07. The molecule has 78 valence electrons. The van der Waals surface area contributed by atoms with Gasteiger partial charge in [-0.2, -0.15) is 0 Å². The molecule has 3 heteroatoms. The average molecular weight is 201 g/mol. The van der Waals surface area contributed by atoms with Gasteiger partial charge in [-0.3, -0.25) is 0 Å². The fourth-order valence-electron chi connectivity index (χ4n) is 1.72. The minimum absolute atomic E-state index is 0.869. The maximum atomic E-state index is 4.24. The van der Waals surface area contributed by atoms with Gasteiger partial charge in [0.2, 0.25) is 0 Å². The van der Waals surface area contributed by atoms with E-state index >= 15 is 0 Å². The second kappa shape index (κ2) is 4.28. The molecule has 0 bridgehead atoms. The van der Waals surface area contributed by atoms with Crippen molar-refractivity contribution in [3.05, 3.63) is 48.0 Å². The monoisotopic (exact) mass is 201 g/mol. The molecule has 0 saturated carbocycles. The van der Waals surface area contributed by atoms with E-state index in [1.807, 2.05) is 32.4 Å². The molecule has 0 radical (unpaired) electrons. The summed E-state index contributed by atoms with van der Waals surface area (Å²) in [5.74, 6) is 1.01. The van der Waals surface area contributed by atoms with Crippen molar-refractivity contribution in [3.8, 4) is 5.69 Å². The van der Waals surface area contributed by atoms with Gasteiger partial charge in [0, 0.05) is 18.9 Å². The van der Waals surface area contributed by atoms with Gasteiger partial charge in [0.15, 0.2) is 0 Å². The molecule has 0 amide bonds. The van der Waals surface area contributed by atoms with Crippen LogP contribution in [-0.4, -0.2) is 16.6 Å². The molecule has 2 aromatic rings. The lowest BCUT2D eigenvalue weighted by atomic mass is 10.1. The number of hydrogen-bond donors (Lipinski definition) is 1. The van der Waals surface area contributed by atoms with E-state index < -0.39 is 0 Å². The normalized spacial score (nSPS) is 10.5. The molecule has 0 aliphatic heterocycles. The van der Waals surface area contributed by atoms with E-state index in [1.54, 1.807) is 0 Å². The third-order valence-corrected chi connectivity index (χ3v) is 2.44. The van der Waals surface area contributed by atoms with Gasteiger partial charge in [0.05, 0.1) is 5.69 Å². The van der Waals surface area contributed by atoms with Crippen molar-refractivity contribution in [3.63, 3.8) is 0 Å². The number of aryl methyl sites for hydroxylation is 1. The van der Waals surface area contributed by atoms with Crippen molar-refractivity contribution in [2.75, 3.05) is 7.05 Å². The third-order valence-electron chi connectivity index (χ3n) is 2.44. The van der Waals surface area contributed by atoms with Gasteiger partial charge in [0.25, 0.3) is 0 Å². The topological polar surface area (TPSA) is 29.9 Å². The lowest BCUT2D eigenvalue weighted by molar-refractivity contribution is 0.804. The van der Waals surface area contributed by atoms with E-state index in [-0.39, 0.29) is 0 Å². The predicted molar refractivity (Wildman–Crippen MR) is 61.1 cm³/mol. The summed E-state index contributed by atoms with van der Waals surface area (Å²) in [4.78, 5) is 4.24. The standard InChI is InChI=1S/C12H15N3/c1-10-14-7-8-15(10)12-6-4-3-5-11(12)9-13-2/h3-8,13H,9H2,1-2H3. The minimum atomic E-state index is 0.869. The van der Waals surface area contributed by atoms with Crippen molar-refractivity contribution in [1.82, 2.24) is 14.9 Å². The Kier molecular flexibility index (Phi) is 2.83. The molecular weight excluding hydrogens is 186 g/mol. The summed E-state index contributed by atoms with van der Waals surface area (Å²) in [6, 6.07) is 8.35. The van der Waals surface area contributed by atoms with Gasteiger partial charge >= 0.3 is 0 Å². The van der Waals surface area contributed by atoms with Crippen LogP contribution in [0, 0.1) is 6.92 Å². The fraction of sp³-hybridized carbons (Fsp3) is 0.250. The second-order valence-corrected chi connectivity index (χ2v) is 3.50. The molecule has 0 fully saturated rings. The van der Waals surface area contributed by atoms with E-state index in [2.05, 4.69) is 33.1 Å². The number of nitrogens with zero attached hydrogens (tertiary/aromatic N) is 2. The van der Waals surface area contributed by atoms with Gasteiger partial charge in [-0.05, 0) is 25.6 Å². The third kappa shape index (κ3) is 1.92. The molecule has 0 unspecified atom stereocenters. The Morgan fingerprint density at radius 2 is 2.13 bits per heavy atom. The summed E-state index contributed by atoms with van der Waals surface area (Å²) >= 11 is 0. The Morgan fingerprint density at radius 3 is 2.80 bits per heavy atom. The molecule has 1 aromatic carbocycles. The number of hydrogen-bond acceptors (Lipinski definition) is 2. The molecule has 0 saturated heterocycles. The van der Waals surface area contributed by atoms with E-state index in [9.17, 15) is 0 Å². The number of para-hydroxylation sites is 1. The Hall–Kier alpha value is -1.61. The molecule has 1 heterocycles. The van der Waals surface area contributed by atoms with Crippen molar-refractivity contribution >= 4 is 0 Å². The summed E-state index contributed by atoms with van der Waals surface area (Å²) in [7, 11) is 1.96. The van der Waals surface area contributed by atoms with Crippen LogP contribution in [-0.2, 0) is 6.54 Å². The Balaban J connectivity index is 2.48. The molecule has 0 aliphatic carbocycles. The van der Waals surface area contributed by atoms with Crippen LogP contribution in [0.25, 0.3) is 5.69 Å². The highest BCUT2D eigenvalue weighted by atomic mass is 15.1. The van der Waals surface area contributed by atoms with Crippen LogP contribution in [0.15, 0.2) is 36.7 Å². The number of aromatic nitrogens is 2. The van der Waals surface area contributed by atoms with Crippen LogP contribution in [0.4, 0.5) is 0 Å². The highest BCUT2D eigenvalue weighted by Crippen LogP contribution is 2.15. The first-order chi connectivity index (χ1) is 7.33. The van der Waals surface area contributed by atoms with Gasteiger partial charge in [-0.15, -0.1) is 0 Å². The van der Waals surface area contributed by atoms with Crippen molar-refractivity contribution in [1.29, 1.82) is 0 Å². The summed E-state index contributed by atoms with van der Waals surface area (Å²) in [6.07, 6.45) is 3.81. The lowest BCUT2D eigenvalue weighted by Crippen LogP contribution is -2.09. The molecular formula is C12H15N3. The molecule has 2 rings (SSSR count). The van der Waals surface area contributed by atoms with E-state index in [4.69, 9.17) is 0 Å². The van der Waals surface area contributed by atoms with Gasteiger partial charge in [-0.25, -0.2) is 4.98 Å². The van der Waals surface area contributed by atoms with Crippen molar-refractivity contribution < 1.29 is 0 Å². The zero-order valence-corrected chi connectivity index (χ0v) is 9.07. The fourth-order valence-corrected chi connectivity index (χ4v) is 1.72. The Bertz CT molecular complexity index is 446. The Labute approximate surface area is 89.8 Å². The largest absolute Gasteiger partial charge is 0.316 e. The summed E-state index contributed by atoms with van der Waals surface area (Å²) in [6.45, 7) is 2.88. The van der Waals surface area contributed by atoms with E-state index in [0.717, 1.165) is 12.4 Å². The van der Waals surface area contributed by atoms with E-state index in [0.29, 0.717) is 0 Å². The smallest absolute Gasteiger partial charge is 0.110 e. The van der Waals surface area contributed by atoms with Crippen LogP contribution in [0.3, 0.4) is 0 Å². The SMILES string of the molecule is CNCc1ccccc1-n1ccnc1C. The number of nitrogens with one attached hydrogen (secondary N) is 1. The second-order valence-electron chi connectivity index (χ2n) is 3.50. The first-order valence-electron chi connectivity index (χ1n) is 5.06. The van der Waals surface area contributed by atoms with Crippen molar-refractivity contribution in [2.24, 2.45) is 0 Å². The van der Waals surface area contributed by atoms with Crippen LogP contribution in [0.5, 0.6) is 0 Å². The Morgan fingerprint density at radius 1 is 1.33 bits per heavy atom. The molecule has 0 spiro atoms. The first-order valence-corrected chi connectivity index (χ1v) is 5.06. The van der Waals surface area contributed by atoms with E-state index in [1.165, 1.54) is 11.3 Å². The first kappa shape index (κ1) is 9.93. The van der Waals surface area contributed by atoms with Gasteiger partial charge < -0.3 is 9.88 Å². The number of imidazole rings is 1. The van der Waals surface area contributed by atoms with Crippen LogP contribution < -0.4 is 5.32 Å². The van der Waals surface area contributed by atoms with Gasteiger partial charge in [0.1, 0.15) is 5.82 Å². The molecule has 15 heavy (non-hydrogen) atoms. The van der Waals surface area contributed by atoms with Crippen LogP contribution in [0.1, 0.15) is 11.4 Å². The quantitative estimate of drug-likeness (QED) is 0.822.